The molecule has 0 radical (unpaired) electrons. The van der Waals surface area contributed by atoms with Crippen LogP contribution >= 0.6 is 0 Å². The number of benzene rings is 2. The lowest BCUT2D eigenvalue weighted by Gasteiger charge is -2.27. The number of nitrogens with one attached hydrogen (secondary N) is 3. The predicted octanol–water partition coefficient (Wildman–Crippen LogP) is 3.76. The summed E-state index contributed by atoms with van der Waals surface area (Å²) in [5, 5.41) is 30.4. The molecule has 1 fully saturated rings. The van der Waals surface area contributed by atoms with Crippen molar-refractivity contribution in [1.82, 2.24) is 15.3 Å². The van der Waals surface area contributed by atoms with Crippen molar-refractivity contribution in [2.75, 3.05) is 30.3 Å². The quantitative estimate of drug-likeness (QED) is 0.158. The van der Waals surface area contributed by atoms with Gasteiger partial charge in [-0.05, 0) is 78.3 Å². The Morgan fingerprint density at radius 1 is 1.10 bits per heavy atom. The van der Waals surface area contributed by atoms with E-state index < -0.39 is 10.8 Å². The van der Waals surface area contributed by atoms with E-state index in [0.717, 1.165) is 53.5 Å². The lowest BCUT2D eigenvalue weighted by Crippen LogP contribution is -2.28. The highest BCUT2D eigenvalue weighted by atomic mass is 16.6. The van der Waals surface area contributed by atoms with Crippen molar-refractivity contribution in [3.8, 4) is 11.1 Å². The molecule has 11 heteroatoms. The van der Waals surface area contributed by atoms with Crippen molar-refractivity contribution in [3.63, 3.8) is 0 Å². The number of hydrogen-bond acceptors (Lipinski definition) is 9. The molecular weight excluding hydrogens is 510 g/mol. The van der Waals surface area contributed by atoms with Gasteiger partial charge in [-0.2, -0.15) is 4.98 Å². The highest BCUT2D eigenvalue weighted by Gasteiger charge is 2.23. The van der Waals surface area contributed by atoms with Gasteiger partial charge in [-0.1, -0.05) is 36.4 Å². The molecule has 1 aliphatic rings. The largest absolute Gasteiger partial charge is 0.396 e. The number of nitro groups is 1. The van der Waals surface area contributed by atoms with E-state index in [0.29, 0.717) is 37.4 Å². The number of nitrogens with zero attached hydrogens (tertiary/aromatic N) is 3. The number of nitrogens with two attached hydrogens (primary N) is 1. The minimum atomic E-state index is -0.472. The van der Waals surface area contributed by atoms with Crippen LogP contribution in [0.2, 0.25) is 0 Å². The molecule has 1 amide bonds. The first-order chi connectivity index (χ1) is 19.3. The van der Waals surface area contributed by atoms with Gasteiger partial charge in [-0.15, -0.1) is 0 Å². The third-order valence-electron chi connectivity index (χ3n) is 7.50. The van der Waals surface area contributed by atoms with E-state index in [1.165, 1.54) is 6.20 Å². The molecule has 40 heavy (non-hydrogen) atoms. The molecule has 1 heterocycles. The molecule has 0 spiro atoms. The average molecular weight is 548 g/mol. The summed E-state index contributed by atoms with van der Waals surface area (Å²) in [6, 6.07) is 14.2. The van der Waals surface area contributed by atoms with Crippen LogP contribution in [0, 0.1) is 28.9 Å². The van der Waals surface area contributed by atoms with Crippen LogP contribution in [0.4, 0.5) is 17.5 Å². The molecule has 6 N–H and O–H groups in total. The number of aromatic nitrogens is 2. The van der Waals surface area contributed by atoms with Crippen LogP contribution in [-0.2, 0) is 17.9 Å². The zero-order chi connectivity index (χ0) is 28.5. The van der Waals surface area contributed by atoms with Crippen LogP contribution in [0.3, 0.4) is 0 Å². The van der Waals surface area contributed by atoms with Crippen molar-refractivity contribution < 1.29 is 14.8 Å². The molecule has 11 nitrogen and oxygen atoms in total. The number of carbonyl (C=O) groups is 1. The maximum Gasteiger partial charge on any atom is 0.329 e. The number of carbonyl (C=O) groups excluding carboxylic acids is 1. The monoisotopic (exact) mass is 547 g/mol. The average Bonchev–Trinajstić information content (AvgIpc) is 2.95. The lowest BCUT2D eigenvalue weighted by atomic mass is 9.82. The number of anilines is 2. The van der Waals surface area contributed by atoms with Gasteiger partial charge in [-0.25, -0.2) is 4.98 Å². The Morgan fingerprint density at radius 2 is 1.85 bits per heavy atom. The van der Waals surface area contributed by atoms with Gasteiger partial charge in [0.2, 0.25) is 17.7 Å². The zero-order valence-corrected chi connectivity index (χ0v) is 22.7. The van der Waals surface area contributed by atoms with Gasteiger partial charge in [-0.3, -0.25) is 14.9 Å². The standard InChI is InChI=1S/C29H37N7O4/c1-19-24(6-3-7-25(19)23-5-2-4-22(12-23)13-31-17-27(30)38)15-33-29-34-16-26(36(39)40)28(35-29)32-14-20-8-10-21(18-37)11-9-20/h2-7,12,16,20-21,31,37H,8-11,13-15,17-18H2,1H3,(H2,30,38)(H2,32,33,34,35). The third kappa shape index (κ3) is 7.73. The van der Waals surface area contributed by atoms with Crippen molar-refractivity contribution in [2.45, 2.75) is 45.7 Å². The van der Waals surface area contributed by atoms with Crippen LogP contribution in [0.5, 0.6) is 0 Å². The zero-order valence-electron chi connectivity index (χ0n) is 22.7. The Hall–Kier alpha value is -4.09. The fourth-order valence-corrected chi connectivity index (χ4v) is 5.12. The molecular formula is C29H37N7O4. The summed E-state index contributed by atoms with van der Waals surface area (Å²) in [5.74, 6) is 0.866. The molecule has 1 aliphatic carbocycles. The summed E-state index contributed by atoms with van der Waals surface area (Å²) < 4.78 is 0. The van der Waals surface area contributed by atoms with E-state index in [1.807, 2.05) is 30.3 Å². The summed E-state index contributed by atoms with van der Waals surface area (Å²) >= 11 is 0. The Balaban J connectivity index is 1.43. The summed E-state index contributed by atoms with van der Waals surface area (Å²) in [7, 11) is 0. The van der Waals surface area contributed by atoms with E-state index in [-0.39, 0.29) is 24.7 Å². The number of primary amides is 1. The first-order valence-electron chi connectivity index (χ1n) is 13.6. The number of aliphatic hydroxyl groups excluding tert-OH is 1. The van der Waals surface area contributed by atoms with Crippen LogP contribution in [0.15, 0.2) is 48.7 Å². The smallest absolute Gasteiger partial charge is 0.329 e. The molecule has 0 aliphatic heterocycles. The second kappa shape index (κ2) is 13.8. The van der Waals surface area contributed by atoms with Crippen molar-refractivity contribution >= 4 is 23.4 Å². The third-order valence-corrected chi connectivity index (χ3v) is 7.50. The second-order valence-corrected chi connectivity index (χ2v) is 10.3. The van der Waals surface area contributed by atoms with Gasteiger partial charge in [0, 0.05) is 26.2 Å². The molecule has 0 bridgehead atoms. The molecule has 0 atom stereocenters. The SMILES string of the molecule is Cc1c(CNc2ncc([N+](=O)[O-])c(NCC3CCC(CO)CC3)n2)cccc1-c1cccc(CNCC(N)=O)c1. The summed E-state index contributed by atoms with van der Waals surface area (Å²) in [5.41, 5.74) is 10.4. The molecule has 1 saturated carbocycles. The normalized spacial score (nSPS) is 16.9. The highest BCUT2D eigenvalue weighted by Crippen LogP contribution is 2.30. The Labute approximate surface area is 233 Å². The van der Waals surface area contributed by atoms with Crippen LogP contribution < -0.4 is 21.7 Å². The Kier molecular flexibility index (Phi) is 9.98. The summed E-state index contributed by atoms with van der Waals surface area (Å²) in [4.78, 5) is 30.7. The maximum atomic E-state index is 11.6. The van der Waals surface area contributed by atoms with Gasteiger partial charge in [0.15, 0.2) is 0 Å². The minimum Gasteiger partial charge on any atom is -0.396 e. The molecule has 0 unspecified atom stereocenters. The molecule has 212 valence electrons. The first-order valence-corrected chi connectivity index (χ1v) is 13.6. The highest BCUT2D eigenvalue weighted by molar-refractivity contribution is 5.76. The number of hydrogen-bond donors (Lipinski definition) is 5. The van der Waals surface area contributed by atoms with E-state index in [1.54, 1.807) is 0 Å². The number of amides is 1. The van der Waals surface area contributed by atoms with Crippen molar-refractivity contribution in [3.05, 3.63) is 75.5 Å². The topological polar surface area (TPSA) is 168 Å². The van der Waals surface area contributed by atoms with E-state index >= 15 is 0 Å². The maximum absolute atomic E-state index is 11.6. The van der Waals surface area contributed by atoms with Crippen molar-refractivity contribution in [1.29, 1.82) is 0 Å². The molecule has 3 aromatic rings. The Bertz CT molecular complexity index is 1330. The Morgan fingerprint density at radius 3 is 2.58 bits per heavy atom. The van der Waals surface area contributed by atoms with Crippen LogP contribution in [-0.4, -0.2) is 45.6 Å². The molecule has 0 saturated heterocycles. The molecule has 4 rings (SSSR count). The van der Waals surface area contributed by atoms with Crippen LogP contribution in [0.1, 0.15) is 42.4 Å². The molecule has 1 aromatic heterocycles. The molecule has 2 aromatic carbocycles. The fourth-order valence-electron chi connectivity index (χ4n) is 5.12. The van der Waals surface area contributed by atoms with Crippen molar-refractivity contribution in [2.24, 2.45) is 17.6 Å². The number of aliphatic hydroxyl groups is 1. The fraction of sp³-hybridized carbons (Fsp3) is 0.414. The minimum absolute atomic E-state index is 0.123. The predicted molar refractivity (Wildman–Crippen MR) is 155 cm³/mol. The van der Waals surface area contributed by atoms with Gasteiger partial charge in [0.05, 0.1) is 11.5 Å². The van der Waals surface area contributed by atoms with Gasteiger partial charge < -0.3 is 26.8 Å². The summed E-state index contributed by atoms with van der Waals surface area (Å²) in [6.07, 6.45) is 5.13. The van der Waals surface area contributed by atoms with E-state index in [2.05, 4.69) is 45.0 Å². The second-order valence-electron chi connectivity index (χ2n) is 10.3. The van der Waals surface area contributed by atoms with Crippen LogP contribution in [0.25, 0.3) is 11.1 Å². The first kappa shape index (κ1) is 28.9. The van der Waals surface area contributed by atoms with E-state index in [4.69, 9.17) is 5.73 Å². The van der Waals surface area contributed by atoms with E-state index in [9.17, 15) is 20.0 Å². The number of rotatable bonds is 13. The van der Waals surface area contributed by atoms with Gasteiger partial charge in [0.25, 0.3) is 0 Å². The summed E-state index contributed by atoms with van der Waals surface area (Å²) in [6.45, 7) is 3.97. The lowest BCUT2D eigenvalue weighted by molar-refractivity contribution is -0.384. The van der Waals surface area contributed by atoms with Gasteiger partial charge >= 0.3 is 5.69 Å². The van der Waals surface area contributed by atoms with Gasteiger partial charge in [0.1, 0.15) is 6.20 Å².